The summed E-state index contributed by atoms with van der Waals surface area (Å²) < 4.78 is 12.9. The van der Waals surface area contributed by atoms with Crippen molar-refractivity contribution in [3.8, 4) is 0 Å². The molecule has 21 heavy (non-hydrogen) atoms. The summed E-state index contributed by atoms with van der Waals surface area (Å²) in [7, 11) is 0. The van der Waals surface area contributed by atoms with Crippen molar-refractivity contribution in [2.45, 2.75) is 0 Å². The second-order valence-corrected chi connectivity index (χ2v) is 4.38. The molecule has 3 rings (SSSR count). The van der Waals surface area contributed by atoms with Gasteiger partial charge in [-0.25, -0.2) is 9.29 Å². The van der Waals surface area contributed by atoms with Crippen LogP contribution in [0.4, 0.5) is 15.8 Å². The average Bonchev–Trinajstić information content (AvgIpc) is 2.72. The first kappa shape index (κ1) is 12.9. The lowest BCUT2D eigenvalue weighted by molar-refractivity contribution is -0.385. The maximum absolute atomic E-state index is 12.9. The third kappa shape index (κ3) is 1.86. The Morgan fingerprint density at radius 2 is 1.67 bits per heavy atom. The first-order chi connectivity index (χ1) is 10.0. The van der Waals surface area contributed by atoms with Gasteiger partial charge in [-0.3, -0.25) is 19.7 Å². The van der Waals surface area contributed by atoms with Crippen LogP contribution in [0.1, 0.15) is 20.7 Å². The van der Waals surface area contributed by atoms with E-state index >= 15 is 0 Å². The van der Waals surface area contributed by atoms with E-state index < -0.39 is 28.2 Å². The molecule has 0 unspecified atom stereocenters. The molecule has 2 amide bonds. The SMILES string of the molecule is O=C1c2cccc([N+](=O)[O-])c2C(=O)N1c1ccc(F)cc1. The highest BCUT2D eigenvalue weighted by Gasteiger charge is 2.41. The molecular formula is C14H7FN2O4. The Morgan fingerprint density at radius 3 is 2.29 bits per heavy atom. The molecule has 1 aliphatic rings. The second kappa shape index (κ2) is 4.48. The summed E-state index contributed by atoms with van der Waals surface area (Å²) in [4.78, 5) is 35.6. The van der Waals surface area contributed by atoms with Crippen LogP contribution in [-0.4, -0.2) is 16.7 Å². The van der Waals surface area contributed by atoms with Crippen LogP contribution in [0, 0.1) is 15.9 Å². The maximum Gasteiger partial charge on any atom is 0.283 e. The Morgan fingerprint density at radius 1 is 1.00 bits per heavy atom. The second-order valence-electron chi connectivity index (χ2n) is 4.38. The van der Waals surface area contributed by atoms with Gasteiger partial charge in [0.25, 0.3) is 17.5 Å². The Hall–Kier alpha value is -3.09. The summed E-state index contributed by atoms with van der Waals surface area (Å²) in [5.74, 6) is -1.96. The van der Waals surface area contributed by atoms with E-state index in [9.17, 15) is 24.1 Å². The van der Waals surface area contributed by atoms with Gasteiger partial charge in [0.15, 0.2) is 0 Å². The number of carbonyl (C=O) groups excluding carboxylic acids is 2. The topological polar surface area (TPSA) is 80.5 Å². The highest BCUT2D eigenvalue weighted by atomic mass is 19.1. The molecule has 0 saturated carbocycles. The highest BCUT2D eigenvalue weighted by molar-refractivity contribution is 6.35. The van der Waals surface area contributed by atoms with Crippen molar-refractivity contribution < 1.29 is 18.9 Å². The minimum atomic E-state index is -0.783. The van der Waals surface area contributed by atoms with Gasteiger partial charge in [-0.05, 0) is 30.3 Å². The molecule has 0 spiro atoms. The zero-order chi connectivity index (χ0) is 15.1. The summed E-state index contributed by atoms with van der Waals surface area (Å²) in [6.45, 7) is 0. The number of imide groups is 1. The van der Waals surface area contributed by atoms with Crippen molar-refractivity contribution in [3.05, 3.63) is 69.5 Å². The minimum Gasteiger partial charge on any atom is -0.268 e. The predicted octanol–water partition coefficient (Wildman–Crippen LogP) is 2.53. The van der Waals surface area contributed by atoms with Gasteiger partial charge >= 0.3 is 0 Å². The lowest BCUT2D eigenvalue weighted by Gasteiger charge is -2.13. The van der Waals surface area contributed by atoms with E-state index in [1.165, 1.54) is 24.3 Å². The number of hydrogen-bond donors (Lipinski definition) is 0. The molecule has 2 aromatic rings. The van der Waals surface area contributed by atoms with Crippen molar-refractivity contribution in [2.24, 2.45) is 0 Å². The molecule has 0 N–H and O–H groups in total. The fourth-order valence-corrected chi connectivity index (χ4v) is 2.24. The van der Waals surface area contributed by atoms with Gasteiger partial charge in [0.05, 0.1) is 16.2 Å². The molecule has 2 aromatic carbocycles. The third-order valence-electron chi connectivity index (χ3n) is 3.17. The van der Waals surface area contributed by atoms with Crippen LogP contribution in [0.15, 0.2) is 42.5 Å². The van der Waals surface area contributed by atoms with Crippen LogP contribution in [-0.2, 0) is 0 Å². The first-order valence-corrected chi connectivity index (χ1v) is 5.92. The number of nitro benzene ring substituents is 1. The van der Waals surface area contributed by atoms with Gasteiger partial charge in [-0.2, -0.15) is 0 Å². The van der Waals surface area contributed by atoms with Crippen LogP contribution in [0.5, 0.6) is 0 Å². The number of carbonyl (C=O) groups is 2. The smallest absolute Gasteiger partial charge is 0.268 e. The van der Waals surface area contributed by atoms with Gasteiger partial charge in [-0.15, -0.1) is 0 Å². The molecule has 0 radical (unpaired) electrons. The Bertz CT molecular complexity index is 786. The lowest BCUT2D eigenvalue weighted by atomic mass is 10.1. The molecule has 0 fully saturated rings. The maximum atomic E-state index is 12.9. The Kier molecular flexibility index (Phi) is 2.76. The molecule has 1 heterocycles. The minimum absolute atomic E-state index is 0.0291. The first-order valence-electron chi connectivity index (χ1n) is 5.92. The number of nitrogens with zero attached hydrogens (tertiary/aromatic N) is 2. The predicted molar refractivity (Wildman–Crippen MR) is 70.6 cm³/mol. The molecule has 0 aromatic heterocycles. The summed E-state index contributed by atoms with van der Waals surface area (Å²) in [5, 5.41) is 11.0. The van der Waals surface area contributed by atoms with E-state index in [-0.39, 0.29) is 16.8 Å². The molecule has 1 aliphatic heterocycles. The third-order valence-corrected chi connectivity index (χ3v) is 3.17. The summed E-state index contributed by atoms with van der Waals surface area (Å²) in [6.07, 6.45) is 0. The zero-order valence-corrected chi connectivity index (χ0v) is 10.4. The van der Waals surface area contributed by atoms with Gasteiger partial charge in [0.1, 0.15) is 11.4 Å². The van der Waals surface area contributed by atoms with E-state index in [1.54, 1.807) is 0 Å². The average molecular weight is 286 g/mol. The summed E-state index contributed by atoms with van der Waals surface area (Å²) >= 11 is 0. The fourth-order valence-electron chi connectivity index (χ4n) is 2.24. The summed E-state index contributed by atoms with van der Waals surface area (Å²) in [5.41, 5.74) is -0.525. The quantitative estimate of drug-likeness (QED) is 0.482. The van der Waals surface area contributed by atoms with Crippen molar-refractivity contribution in [2.75, 3.05) is 4.90 Å². The van der Waals surface area contributed by atoms with Crippen LogP contribution in [0.25, 0.3) is 0 Å². The Balaban J connectivity index is 2.15. The number of fused-ring (bicyclic) bond motifs is 1. The van der Waals surface area contributed by atoms with Crippen molar-refractivity contribution in [3.63, 3.8) is 0 Å². The largest absolute Gasteiger partial charge is 0.283 e. The van der Waals surface area contributed by atoms with Crippen LogP contribution in [0.3, 0.4) is 0 Å². The van der Waals surface area contributed by atoms with E-state index in [4.69, 9.17) is 0 Å². The molecule has 0 aliphatic carbocycles. The van der Waals surface area contributed by atoms with Crippen LogP contribution in [0.2, 0.25) is 0 Å². The number of anilines is 1. The van der Waals surface area contributed by atoms with E-state index in [0.29, 0.717) is 0 Å². The van der Waals surface area contributed by atoms with Crippen molar-refractivity contribution in [1.82, 2.24) is 0 Å². The van der Waals surface area contributed by atoms with Gasteiger partial charge in [-0.1, -0.05) is 6.07 Å². The van der Waals surface area contributed by atoms with E-state index in [2.05, 4.69) is 0 Å². The van der Waals surface area contributed by atoms with Gasteiger partial charge < -0.3 is 0 Å². The number of benzene rings is 2. The highest BCUT2D eigenvalue weighted by Crippen LogP contribution is 2.33. The number of hydrogen-bond acceptors (Lipinski definition) is 4. The monoisotopic (exact) mass is 286 g/mol. The van der Waals surface area contributed by atoms with Gasteiger partial charge in [0, 0.05) is 6.07 Å². The summed E-state index contributed by atoms with van der Waals surface area (Å²) in [6, 6.07) is 8.60. The van der Waals surface area contributed by atoms with Gasteiger partial charge in [0.2, 0.25) is 0 Å². The number of nitro groups is 1. The van der Waals surface area contributed by atoms with Crippen LogP contribution >= 0.6 is 0 Å². The normalized spacial score (nSPS) is 13.5. The molecule has 6 nitrogen and oxygen atoms in total. The number of amides is 2. The lowest BCUT2D eigenvalue weighted by Crippen LogP contribution is -2.29. The zero-order valence-electron chi connectivity index (χ0n) is 10.4. The number of rotatable bonds is 2. The molecule has 104 valence electrons. The Labute approximate surface area is 117 Å². The van der Waals surface area contributed by atoms with Crippen molar-refractivity contribution in [1.29, 1.82) is 0 Å². The van der Waals surface area contributed by atoms with E-state index in [1.807, 2.05) is 0 Å². The molecule has 0 saturated heterocycles. The van der Waals surface area contributed by atoms with E-state index in [0.717, 1.165) is 23.1 Å². The standard InChI is InChI=1S/C14H7FN2O4/c15-8-4-6-9(7-5-8)16-13(18)10-2-1-3-11(17(20)21)12(10)14(16)19/h1-7H. The molecular weight excluding hydrogens is 279 g/mol. The molecule has 7 heteroatoms. The molecule has 0 atom stereocenters. The molecule has 0 bridgehead atoms. The van der Waals surface area contributed by atoms with Crippen LogP contribution < -0.4 is 4.90 Å². The number of halogens is 1. The van der Waals surface area contributed by atoms with Crippen molar-refractivity contribution >= 4 is 23.2 Å². The fraction of sp³-hybridized carbons (Fsp3) is 0.